The summed E-state index contributed by atoms with van der Waals surface area (Å²) in [7, 11) is 3.33. The smallest absolute Gasteiger partial charge is 0.345 e. The lowest BCUT2D eigenvalue weighted by molar-refractivity contribution is -0.138. The summed E-state index contributed by atoms with van der Waals surface area (Å²) in [4.78, 5) is 75.0. The number of aromatic nitrogens is 2. The molecule has 4 aromatic carbocycles. The predicted octanol–water partition coefficient (Wildman–Crippen LogP) is 15.7. The minimum atomic E-state index is -0.963. The maximum absolute atomic E-state index is 13.9. The van der Waals surface area contributed by atoms with E-state index in [0.717, 1.165) is 104 Å². The third kappa shape index (κ3) is 15.2. The van der Waals surface area contributed by atoms with Gasteiger partial charge in [-0.1, -0.05) is 62.8 Å². The van der Waals surface area contributed by atoms with Crippen LogP contribution in [0.2, 0.25) is 0 Å². The van der Waals surface area contributed by atoms with Crippen molar-refractivity contribution in [1.82, 2.24) is 14.5 Å². The van der Waals surface area contributed by atoms with Gasteiger partial charge in [0.25, 0.3) is 5.91 Å². The molecule has 0 radical (unpaired) electrons. The summed E-state index contributed by atoms with van der Waals surface area (Å²) in [5.74, 6) is 1.92. The van der Waals surface area contributed by atoms with Crippen molar-refractivity contribution >= 4 is 115 Å². The molecular weight excluding hydrogens is 1300 g/mol. The average molecular weight is 1390 g/mol. The number of hydrogen-bond acceptors (Lipinski definition) is 15. The molecule has 0 spiro atoms. The van der Waals surface area contributed by atoms with E-state index in [2.05, 4.69) is 37.2 Å². The molecule has 4 aliphatic carbocycles. The van der Waals surface area contributed by atoms with Crippen molar-refractivity contribution in [3.63, 3.8) is 0 Å². The van der Waals surface area contributed by atoms with E-state index in [4.69, 9.17) is 34.2 Å². The monoisotopic (exact) mass is 1390 g/mol. The molecule has 4 fully saturated rings. The first-order valence-electron chi connectivity index (χ1n) is 33.9. The number of hydrogen-bond donors (Lipinski definition) is 5. The molecule has 19 nitrogen and oxygen atoms in total. The number of benzene rings is 4. The molecule has 6 aliphatic rings. The fourth-order valence-electron chi connectivity index (χ4n) is 14.1. The lowest BCUT2D eigenvalue weighted by atomic mass is 9.75. The molecular formula is C76H85ClN6O13S2. The predicted molar refractivity (Wildman–Crippen MR) is 387 cm³/mol. The van der Waals surface area contributed by atoms with Crippen molar-refractivity contribution in [3.05, 3.63) is 141 Å². The van der Waals surface area contributed by atoms with Crippen LogP contribution in [0.4, 0.5) is 11.4 Å². The standard InChI is InChI=1S/C38H41N3O6S.C22H23NO4S.C16H20N2O3.ClH/c1-3-46-32(42)17-12-24-10-13-26(14-11-24)39-37(44)38(18-7-19-38)40-36(43)31-23-29-35(48-31)33(25-8-5-4-6-9-25)34-28-16-15-27(45-2)22-30(28)47-21-20-41(29)34;1-26-14-7-8-15-17(11-14)27-10-9-23-16-12-18(22(24)25)28-21(16)19(20(15)23)13-5-3-2-4-6-13;1-2-21-14(19)9-6-12-4-7-13(8-5-12)18-15(20)16(17)10-3-11-16;/h10-17,22-23,25H,3-9,18-21H2,1-2H3,(H,39,44)(H,40,43);7-8,11-13H,2-6,9-10H2,1H3,(H,24,25);4-9H,2-3,10-11,17H2,1H3,(H,18,20);1H/b17-12+;;9-6+;. The van der Waals surface area contributed by atoms with Gasteiger partial charge in [0.15, 0.2) is 0 Å². The summed E-state index contributed by atoms with van der Waals surface area (Å²) in [6.45, 7) is 6.66. The van der Waals surface area contributed by atoms with Crippen LogP contribution in [0.5, 0.6) is 23.0 Å². The topological polar surface area (TPSA) is 250 Å². The van der Waals surface area contributed by atoms with Crippen LogP contribution in [-0.2, 0) is 41.7 Å². The van der Waals surface area contributed by atoms with Crippen LogP contribution in [0.3, 0.4) is 0 Å². The number of carbonyl (C=O) groups excluding carboxylic acids is 5. The maximum atomic E-state index is 13.9. The van der Waals surface area contributed by atoms with Gasteiger partial charge in [-0.2, -0.15) is 0 Å². The average Bonchev–Trinajstić information content (AvgIpc) is 1.58. The normalized spacial score (nSPS) is 16.7. The van der Waals surface area contributed by atoms with E-state index in [1.54, 1.807) is 75.8 Å². The molecule has 14 rings (SSSR count). The van der Waals surface area contributed by atoms with Gasteiger partial charge < -0.3 is 64.3 Å². The number of rotatable bonds is 17. The molecule has 4 saturated carbocycles. The molecule has 6 heterocycles. The Labute approximate surface area is 584 Å². The fourth-order valence-corrected chi connectivity index (χ4v) is 16.4. The third-order valence-corrected chi connectivity index (χ3v) is 21.8. The maximum Gasteiger partial charge on any atom is 0.345 e. The van der Waals surface area contributed by atoms with E-state index in [9.17, 15) is 33.9 Å². The number of ether oxygens (including phenoxy) is 6. The number of amides is 3. The number of fused-ring (bicyclic) bond motifs is 10. The number of thiophene rings is 2. The van der Waals surface area contributed by atoms with Crippen molar-refractivity contribution in [3.8, 4) is 45.5 Å². The highest BCUT2D eigenvalue weighted by Crippen LogP contribution is 2.52. The highest BCUT2D eigenvalue weighted by atomic mass is 35.5. The van der Waals surface area contributed by atoms with Gasteiger partial charge in [-0.3, -0.25) is 14.4 Å². The summed E-state index contributed by atoms with van der Waals surface area (Å²) >= 11 is 2.96. The van der Waals surface area contributed by atoms with E-state index < -0.39 is 23.0 Å². The molecule has 22 heteroatoms. The number of nitrogens with one attached hydrogen (secondary N) is 3. The lowest BCUT2D eigenvalue weighted by Gasteiger charge is -2.40. The molecule has 0 atom stereocenters. The minimum absolute atomic E-state index is 0. The Morgan fingerprint density at radius 3 is 1.43 bits per heavy atom. The van der Waals surface area contributed by atoms with E-state index in [0.29, 0.717) is 85.3 Å². The second kappa shape index (κ2) is 31.3. The Morgan fingerprint density at radius 2 is 1.02 bits per heavy atom. The second-order valence-corrected chi connectivity index (χ2v) is 27.7. The molecule has 98 heavy (non-hydrogen) atoms. The largest absolute Gasteiger partial charge is 0.497 e. The zero-order valence-electron chi connectivity index (χ0n) is 55.8. The molecule has 0 unspecified atom stereocenters. The molecule has 8 aromatic rings. The Kier molecular flexibility index (Phi) is 22.5. The van der Waals surface area contributed by atoms with Crippen molar-refractivity contribution in [2.45, 2.75) is 153 Å². The van der Waals surface area contributed by atoms with Crippen molar-refractivity contribution in [2.75, 3.05) is 51.3 Å². The Morgan fingerprint density at radius 1 is 0.582 bits per heavy atom. The highest BCUT2D eigenvalue weighted by molar-refractivity contribution is 7.21. The molecule has 0 bridgehead atoms. The summed E-state index contributed by atoms with van der Waals surface area (Å²) < 4.78 is 39.8. The summed E-state index contributed by atoms with van der Waals surface area (Å²) in [6.07, 6.45) is 22.6. The zero-order chi connectivity index (χ0) is 67.8. The minimum Gasteiger partial charge on any atom is -0.497 e. The van der Waals surface area contributed by atoms with Gasteiger partial charge in [0, 0.05) is 46.8 Å². The van der Waals surface area contributed by atoms with Crippen LogP contribution >= 0.6 is 35.1 Å². The van der Waals surface area contributed by atoms with Crippen LogP contribution in [0.15, 0.2) is 109 Å². The molecule has 516 valence electrons. The van der Waals surface area contributed by atoms with Gasteiger partial charge in [0.05, 0.1) is 82.8 Å². The molecule has 0 saturated heterocycles. The first-order chi connectivity index (χ1) is 47.1. The second-order valence-electron chi connectivity index (χ2n) is 25.6. The van der Waals surface area contributed by atoms with Crippen molar-refractivity contribution in [2.24, 2.45) is 5.73 Å². The van der Waals surface area contributed by atoms with Crippen LogP contribution in [0.25, 0.3) is 55.1 Å². The SMILES string of the molecule is CCOC(=O)/C=C/c1ccc(NC(=O)C2(N)CCC2)cc1.CCOC(=O)/C=C/c1ccc(NC(=O)C2(NC(=O)c3cc4c(s3)c(C3CCCCC3)c3n4CCOc4cc(OC)ccc4-3)CCC2)cc1.COc1ccc2c(c1)OCCn1c-2c(C2CCCCC2)c2sc(C(=O)O)cc21.Cl. The molecule has 3 amide bonds. The first-order valence-corrected chi connectivity index (χ1v) is 35.5. The number of anilines is 2. The third-order valence-electron chi connectivity index (χ3n) is 19.5. The molecule has 6 N–H and O–H groups in total. The van der Waals surface area contributed by atoms with Gasteiger partial charge in [-0.15, -0.1) is 35.1 Å². The van der Waals surface area contributed by atoms with Crippen LogP contribution in [-0.4, -0.2) is 102 Å². The van der Waals surface area contributed by atoms with E-state index in [1.807, 2.05) is 60.7 Å². The summed E-state index contributed by atoms with van der Waals surface area (Å²) in [5.41, 5.74) is 16.6. The van der Waals surface area contributed by atoms with Crippen LogP contribution < -0.4 is 40.6 Å². The number of nitrogens with two attached hydrogens (primary N) is 1. The lowest BCUT2D eigenvalue weighted by Crippen LogP contribution is -2.61. The number of carboxylic acids is 1. The number of methoxy groups -OCH3 is 2. The summed E-state index contributed by atoms with van der Waals surface area (Å²) in [5, 5.41) is 18.5. The molecule has 2 aliphatic heterocycles. The number of carbonyl (C=O) groups is 6. The van der Waals surface area contributed by atoms with Gasteiger partial charge in [-0.05, 0) is 185 Å². The van der Waals surface area contributed by atoms with Crippen LogP contribution in [0.1, 0.15) is 170 Å². The van der Waals surface area contributed by atoms with E-state index in [-0.39, 0.29) is 36.1 Å². The van der Waals surface area contributed by atoms with Crippen LogP contribution in [0, 0.1) is 0 Å². The van der Waals surface area contributed by atoms with E-state index >= 15 is 0 Å². The van der Waals surface area contributed by atoms with Gasteiger partial charge in [-0.25, -0.2) is 14.4 Å². The Balaban J connectivity index is 0.000000164. The molecule has 4 aromatic heterocycles. The summed E-state index contributed by atoms with van der Waals surface area (Å²) in [6, 6.07) is 30.3. The number of aromatic carboxylic acids is 1. The number of nitrogens with zero attached hydrogens (tertiary/aromatic N) is 2. The van der Waals surface area contributed by atoms with Gasteiger partial charge in [0.1, 0.15) is 46.6 Å². The number of esters is 2. The number of halogens is 1. The fraction of sp³-hybridized carbons (Fsp3) is 0.395. The Bertz CT molecular complexity index is 4300. The highest BCUT2D eigenvalue weighted by Gasteiger charge is 2.46. The van der Waals surface area contributed by atoms with Crippen molar-refractivity contribution in [1.29, 1.82) is 0 Å². The van der Waals surface area contributed by atoms with E-state index in [1.165, 1.54) is 97.4 Å². The Hall–Kier alpha value is -8.89. The first kappa shape index (κ1) is 70.4. The van der Waals surface area contributed by atoms with Crippen molar-refractivity contribution < 1.29 is 62.3 Å². The van der Waals surface area contributed by atoms with Gasteiger partial charge in [0.2, 0.25) is 11.8 Å². The number of carboxylic acid groups (broad SMARTS) is 1. The van der Waals surface area contributed by atoms with Gasteiger partial charge >= 0.3 is 17.9 Å². The zero-order valence-corrected chi connectivity index (χ0v) is 58.3. The quantitative estimate of drug-likeness (QED) is 0.0420.